The number of aliphatic hydroxyl groups excluding tert-OH is 1. The Labute approximate surface area is 682 Å². The summed E-state index contributed by atoms with van der Waals surface area (Å²) in [6.45, 7) is 27.0. The molecule has 0 bridgehead atoms. The summed E-state index contributed by atoms with van der Waals surface area (Å²) in [6, 6.07) is 28.2. The Hall–Kier alpha value is -9.47. The monoisotopic (exact) mass is 1720 g/mol. The van der Waals surface area contributed by atoms with Crippen LogP contribution in [0.2, 0.25) is 0 Å². The Bertz CT molecular complexity index is 4850. The van der Waals surface area contributed by atoms with E-state index in [1.54, 1.807) is 204 Å². The number of azide groups is 1. The molecular weight excluding hydrogens is 1620 g/mol. The van der Waals surface area contributed by atoms with Gasteiger partial charge in [-0.15, -0.1) is 20.4 Å². The number of anilines is 3. The van der Waals surface area contributed by atoms with Crippen LogP contribution in [0.3, 0.4) is 0 Å². The molecule has 42 heteroatoms. The molecule has 4 aromatic carbocycles. The molecule has 6 heterocycles. The average Bonchev–Trinajstić information content (AvgIpc) is 1.01. The van der Waals surface area contributed by atoms with Gasteiger partial charge >= 0.3 is 48.7 Å². The maximum Gasteiger partial charge on any atom is 0.414 e. The zero-order chi connectivity index (χ0) is 86.7. The summed E-state index contributed by atoms with van der Waals surface area (Å²) in [5.41, 5.74) is 13.5. The number of nitrogens with zero attached hydrogens (tertiary/aromatic N) is 15. The number of tetrazole rings is 2. The molecule has 0 aliphatic carbocycles. The SMILES string of the molecule is CC(C)OP(=O)(OC(C)C)C(Cc1ccc(C(=O)N=[N+]=[N-])cc1)P(=O)(OC(C)C)OC(C)C.CC(C)OP(=O)(OC(C)C)C(Cc1ccc(NC(=O)OC[C@H]2CN(c3ccc(-c4ccc(-c5nnn(C)n5)nc4)c(F)c3)C(=O)O2)cc1)P(=O)(OC(C)C)OC(C)C.Cn1nnc(-c2ccc(-c3ccc(N4C[C@H](CO)OC4=O)cc3F)cn2)n1. The molecule has 2 N–H and O–H groups in total. The van der Waals surface area contributed by atoms with Gasteiger partial charge in [-0.25, -0.2) is 23.2 Å². The van der Waals surface area contributed by atoms with Gasteiger partial charge in [0.15, 0.2) is 16.9 Å². The van der Waals surface area contributed by atoms with Gasteiger partial charge in [-0.2, -0.15) is 9.59 Å². The minimum atomic E-state index is -4.12. The summed E-state index contributed by atoms with van der Waals surface area (Å²) >= 11 is 0. The van der Waals surface area contributed by atoms with E-state index in [0.29, 0.717) is 62.2 Å². The number of hydrogen-bond donors (Lipinski definition) is 2. The highest BCUT2D eigenvalue weighted by atomic mass is 31.2. The van der Waals surface area contributed by atoms with Crippen LogP contribution in [-0.4, -0.2) is 178 Å². The number of halogens is 2. The van der Waals surface area contributed by atoms with E-state index in [0.717, 1.165) is 0 Å². The van der Waals surface area contributed by atoms with E-state index in [4.69, 9.17) is 61.0 Å². The fraction of sp³-hybridized carbons (Fsp3) is 0.474. The average molecular weight is 1720 g/mol. The number of amides is 4. The van der Waals surface area contributed by atoms with Crippen molar-refractivity contribution in [1.29, 1.82) is 0 Å². The molecule has 2 aliphatic heterocycles. The van der Waals surface area contributed by atoms with Crippen LogP contribution in [-0.2, 0) is 95.6 Å². The number of aryl methyl sites for hydroxylation is 2. The number of carbonyl (C=O) groups is 4. The normalized spacial score (nSPS) is 14.7. The molecule has 638 valence electrons. The summed E-state index contributed by atoms with van der Waals surface area (Å²) in [6.07, 6.45) is -4.64. The molecule has 2 fully saturated rings. The number of aromatic nitrogens is 10. The van der Waals surface area contributed by atoms with E-state index < -0.39 is 138 Å². The van der Waals surface area contributed by atoms with Crippen molar-refractivity contribution in [2.75, 3.05) is 41.4 Å². The topological polar surface area (TPSA) is 439 Å². The van der Waals surface area contributed by atoms with Crippen LogP contribution < -0.4 is 15.1 Å². The molecule has 4 amide bonds. The molecule has 0 saturated carbocycles. The summed E-state index contributed by atoms with van der Waals surface area (Å²) in [4.78, 5) is 65.3. The molecule has 10 rings (SSSR count). The van der Waals surface area contributed by atoms with Crippen LogP contribution >= 0.6 is 30.4 Å². The quantitative estimate of drug-likeness (QED) is 0.0122. The summed E-state index contributed by atoms with van der Waals surface area (Å²) < 4.78 is 150. The second-order valence-electron chi connectivity index (χ2n) is 29.2. The van der Waals surface area contributed by atoms with Crippen LogP contribution in [0.5, 0.6) is 0 Å². The van der Waals surface area contributed by atoms with Gasteiger partial charge in [-0.3, -0.25) is 48.1 Å². The van der Waals surface area contributed by atoms with Gasteiger partial charge in [0, 0.05) is 50.8 Å². The number of nitrogens with one attached hydrogen (secondary N) is 1. The molecule has 118 heavy (non-hydrogen) atoms. The van der Waals surface area contributed by atoms with E-state index in [2.05, 4.69) is 56.1 Å². The van der Waals surface area contributed by atoms with Crippen LogP contribution in [0.4, 0.5) is 40.2 Å². The Morgan fingerprint density at radius 1 is 0.534 bits per heavy atom. The van der Waals surface area contributed by atoms with Crippen LogP contribution in [0, 0.1) is 11.6 Å². The van der Waals surface area contributed by atoms with Gasteiger partial charge < -0.3 is 55.5 Å². The number of cyclic esters (lactones) is 2. The molecule has 2 aliphatic rings. The highest BCUT2D eigenvalue weighted by Crippen LogP contribution is 2.74. The maximum absolute atomic E-state index is 15.3. The van der Waals surface area contributed by atoms with Crippen molar-refractivity contribution < 1.29 is 102 Å². The second kappa shape index (κ2) is 42.0. The Kier molecular flexibility index (Phi) is 33.4. The van der Waals surface area contributed by atoms with E-state index in [1.807, 2.05) is 0 Å². The van der Waals surface area contributed by atoms with E-state index in [-0.39, 0.29) is 56.0 Å². The minimum absolute atomic E-state index is 0.0118. The first kappa shape index (κ1) is 94.0. The fourth-order valence-corrected chi connectivity index (χ4v) is 23.6. The minimum Gasteiger partial charge on any atom is -0.445 e. The maximum atomic E-state index is 15.3. The molecule has 0 unspecified atom stereocenters. The van der Waals surface area contributed by atoms with Crippen molar-refractivity contribution in [2.24, 2.45) is 19.2 Å². The number of hydrogen-bond acceptors (Lipinski definition) is 28. The standard InChI is InChI=1S/C38H50FN7O10P2.C21H35N3O7P2.C17H15FN6O3/c1-23(2)53-57(49,54-24(3)4)35(58(50,55-25(5)6)56-26(7)8)18-27-10-13-29(14-11-27)41-37(47)51-22-31-21-46(38(48)52-31)30-15-16-32(33(39)19-30)28-12-17-34(40-20-28)36-42-44-45(9)43-36;1-14(2)28-32(26,29-15(3)4)20(33(27,30-16(5)6)31-17(7)8)13-18-9-11-19(12-10-18)21(25)23-24-22;1-23-21-16(20-22-23)15-5-2-10(7-19-15)13-4-3-11(6-14(13)18)24-8-12(9-25)27-17(24)26/h10-17,19-20,23-26,31,35H,18,21-22H2,1-9H3,(H,41,47);9-12,14-17,20H,13H2,1-8H3;2-7,12,25H,8-9H2,1H3/t31-;;12-/m1.1/s1. The van der Waals surface area contributed by atoms with Crippen molar-refractivity contribution in [3.8, 4) is 45.3 Å². The van der Waals surface area contributed by atoms with Crippen molar-refractivity contribution in [3.05, 3.63) is 160 Å². The van der Waals surface area contributed by atoms with E-state index in [1.165, 1.54) is 62.1 Å². The predicted octanol–water partition coefficient (Wildman–Crippen LogP) is 17.1. The smallest absolute Gasteiger partial charge is 0.414 e. The highest BCUT2D eigenvalue weighted by molar-refractivity contribution is 7.73. The Morgan fingerprint density at radius 3 is 1.19 bits per heavy atom. The van der Waals surface area contributed by atoms with Crippen LogP contribution in [0.25, 0.3) is 55.7 Å². The van der Waals surface area contributed by atoms with Gasteiger partial charge in [0.05, 0.1) is 94.0 Å². The largest absolute Gasteiger partial charge is 0.445 e. The molecule has 2 saturated heterocycles. The van der Waals surface area contributed by atoms with Crippen molar-refractivity contribution >= 4 is 71.6 Å². The first-order valence-corrected chi connectivity index (χ1v) is 44.2. The first-order valence-electron chi connectivity index (χ1n) is 37.8. The molecule has 2 atom stereocenters. The highest BCUT2D eigenvalue weighted by Gasteiger charge is 2.55. The molecule has 8 aromatic rings. The molecular formula is C76H100F2N16O20P4. The number of aliphatic hydroxyl groups is 1. The van der Waals surface area contributed by atoms with Gasteiger partial charge in [-0.05, 0) is 216 Å². The van der Waals surface area contributed by atoms with Crippen molar-refractivity contribution in [3.63, 3.8) is 0 Å². The van der Waals surface area contributed by atoms with Gasteiger partial charge in [0.1, 0.15) is 35.7 Å². The Morgan fingerprint density at radius 2 is 0.890 bits per heavy atom. The van der Waals surface area contributed by atoms with E-state index >= 15 is 4.39 Å². The number of rotatable bonds is 35. The van der Waals surface area contributed by atoms with E-state index in [9.17, 15) is 41.8 Å². The first-order chi connectivity index (χ1) is 55.6. The number of benzene rings is 4. The molecule has 36 nitrogen and oxygen atoms in total. The summed E-state index contributed by atoms with van der Waals surface area (Å²) in [5, 5.41) is 35.8. The lowest BCUT2D eigenvalue weighted by atomic mass is 10.1. The zero-order valence-electron chi connectivity index (χ0n) is 68.7. The van der Waals surface area contributed by atoms with Crippen LogP contribution in [0.1, 0.15) is 132 Å². The Balaban J connectivity index is 0.000000243. The fourth-order valence-electron chi connectivity index (χ4n) is 11.8. The zero-order valence-corrected chi connectivity index (χ0v) is 72.3. The number of ether oxygens (including phenoxy) is 3. The summed E-state index contributed by atoms with van der Waals surface area (Å²) in [5.74, 6) is -1.09. The lowest BCUT2D eigenvalue weighted by molar-refractivity contribution is 0.0798. The third kappa shape index (κ3) is 26.3. The van der Waals surface area contributed by atoms with Crippen molar-refractivity contribution in [1.82, 2.24) is 50.4 Å². The molecule has 0 radical (unpaired) electrons. The number of carbonyl (C=O) groups excluding carboxylic acids is 4. The van der Waals surface area contributed by atoms with Gasteiger partial charge in [-0.1, -0.05) is 48.5 Å². The van der Waals surface area contributed by atoms with Crippen LogP contribution in [0.15, 0.2) is 127 Å². The molecule has 4 aromatic heterocycles. The lowest BCUT2D eigenvalue weighted by Crippen LogP contribution is -2.27. The van der Waals surface area contributed by atoms with Gasteiger partial charge in [0.2, 0.25) is 17.6 Å². The van der Waals surface area contributed by atoms with Gasteiger partial charge in [0.25, 0.3) is 0 Å². The third-order valence-corrected chi connectivity index (χ3v) is 29.0. The predicted molar refractivity (Wildman–Crippen MR) is 434 cm³/mol. The molecule has 0 spiro atoms. The number of pyridine rings is 2. The van der Waals surface area contributed by atoms with Crippen molar-refractivity contribution in [2.45, 2.75) is 195 Å². The summed E-state index contributed by atoms with van der Waals surface area (Å²) in [7, 11) is -13.0. The third-order valence-electron chi connectivity index (χ3n) is 16.2. The second-order valence-corrected chi connectivity index (χ2v) is 38.5. The lowest BCUT2D eigenvalue weighted by Gasteiger charge is -2.35.